The Labute approximate surface area is 174 Å². The predicted molar refractivity (Wildman–Crippen MR) is 116 cm³/mol. The summed E-state index contributed by atoms with van der Waals surface area (Å²) in [5.41, 5.74) is 10.3. The van der Waals surface area contributed by atoms with Gasteiger partial charge in [-0.2, -0.15) is 4.98 Å². The van der Waals surface area contributed by atoms with Crippen LogP contribution in [0.1, 0.15) is 27.9 Å². The number of nitrogens with zero attached hydrogens (tertiary/aromatic N) is 3. The van der Waals surface area contributed by atoms with Gasteiger partial charge in [-0.15, -0.1) is 0 Å². The van der Waals surface area contributed by atoms with Crippen molar-refractivity contribution in [1.82, 2.24) is 9.97 Å². The third kappa shape index (κ3) is 3.93. The minimum Gasteiger partial charge on any atom is -0.365 e. The second-order valence-corrected chi connectivity index (χ2v) is 7.24. The minimum absolute atomic E-state index is 0.112. The van der Waals surface area contributed by atoms with Gasteiger partial charge >= 0.3 is 0 Å². The average Bonchev–Trinajstić information content (AvgIpc) is 2.71. The van der Waals surface area contributed by atoms with Gasteiger partial charge < -0.3 is 21.3 Å². The van der Waals surface area contributed by atoms with Crippen LogP contribution in [0.3, 0.4) is 0 Å². The number of carbonyl (C=O) groups excluding carboxylic acids is 2. The number of aryl methyl sites for hydroxylation is 2. The molecule has 2 heterocycles. The van der Waals surface area contributed by atoms with Crippen LogP contribution in [0.4, 0.5) is 28.8 Å². The van der Waals surface area contributed by atoms with E-state index in [9.17, 15) is 9.59 Å². The van der Waals surface area contributed by atoms with E-state index in [2.05, 4.69) is 20.6 Å². The fraction of sp³-hybridized carbons (Fsp3) is 0.182. The van der Waals surface area contributed by atoms with Crippen LogP contribution >= 0.6 is 0 Å². The number of fused-ring (bicyclic) bond motifs is 1. The monoisotopic (exact) mass is 402 g/mol. The lowest BCUT2D eigenvalue weighted by Crippen LogP contribution is -2.31. The van der Waals surface area contributed by atoms with Gasteiger partial charge in [-0.1, -0.05) is 12.1 Å². The zero-order valence-corrected chi connectivity index (χ0v) is 16.8. The van der Waals surface area contributed by atoms with Crippen LogP contribution in [0.2, 0.25) is 0 Å². The fourth-order valence-electron chi connectivity index (χ4n) is 3.44. The largest absolute Gasteiger partial charge is 0.365 e. The van der Waals surface area contributed by atoms with Crippen molar-refractivity contribution in [3.63, 3.8) is 0 Å². The summed E-state index contributed by atoms with van der Waals surface area (Å²) in [5, 5.41) is 6.31. The number of rotatable bonds is 5. The van der Waals surface area contributed by atoms with Gasteiger partial charge in [0, 0.05) is 36.7 Å². The van der Waals surface area contributed by atoms with Crippen molar-refractivity contribution in [1.29, 1.82) is 0 Å². The van der Waals surface area contributed by atoms with Crippen LogP contribution in [-0.4, -0.2) is 28.8 Å². The molecule has 2 amide bonds. The summed E-state index contributed by atoms with van der Waals surface area (Å²) in [6.07, 6.45) is 2.58. The normalized spacial score (nSPS) is 13.0. The quantitative estimate of drug-likeness (QED) is 0.604. The molecule has 8 heteroatoms. The molecule has 4 rings (SSSR count). The highest BCUT2D eigenvalue weighted by Crippen LogP contribution is 2.30. The molecule has 1 aromatic heterocycles. The van der Waals surface area contributed by atoms with Gasteiger partial charge in [0.15, 0.2) is 0 Å². The Morgan fingerprint density at radius 3 is 2.67 bits per heavy atom. The summed E-state index contributed by atoms with van der Waals surface area (Å²) in [7, 11) is 1.78. The molecule has 0 atom stereocenters. The Balaban J connectivity index is 1.62. The fourth-order valence-corrected chi connectivity index (χ4v) is 3.44. The van der Waals surface area contributed by atoms with Crippen LogP contribution in [0.25, 0.3) is 0 Å². The Bertz CT molecular complexity index is 1140. The molecule has 2 aromatic carbocycles. The molecule has 152 valence electrons. The zero-order chi connectivity index (χ0) is 21.3. The molecule has 4 N–H and O–H groups in total. The number of aromatic nitrogens is 2. The van der Waals surface area contributed by atoms with E-state index in [0.29, 0.717) is 24.6 Å². The maximum atomic E-state index is 11.9. The summed E-state index contributed by atoms with van der Waals surface area (Å²) in [6.45, 7) is 1.98. The van der Waals surface area contributed by atoms with Crippen LogP contribution in [0, 0.1) is 6.92 Å². The maximum absolute atomic E-state index is 11.9. The number of amides is 2. The van der Waals surface area contributed by atoms with Crippen molar-refractivity contribution >= 4 is 40.6 Å². The molecule has 1 aliphatic rings. The SMILES string of the molecule is Cc1cccc(Nc2nc(Nc3ccc4c(c3)CCC(=O)N4C)ncc2C(N)=O)c1. The highest BCUT2D eigenvalue weighted by atomic mass is 16.2. The zero-order valence-electron chi connectivity index (χ0n) is 16.8. The lowest BCUT2D eigenvalue weighted by Gasteiger charge is -2.26. The smallest absolute Gasteiger partial charge is 0.254 e. The van der Waals surface area contributed by atoms with E-state index < -0.39 is 5.91 Å². The lowest BCUT2D eigenvalue weighted by molar-refractivity contribution is -0.118. The van der Waals surface area contributed by atoms with Gasteiger partial charge in [-0.25, -0.2) is 4.98 Å². The van der Waals surface area contributed by atoms with E-state index in [1.807, 2.05) is 49.4 Å². The second-order valence-electron chi connectivity index (χ2n) is 7.24. The van der Waals surface area contributed by atoms with E-state index in [0.717, 1.165) is 28.2 Å². The molecule has 0 unspecified atom stereocenters. The van der Waals surface area contributed by atoms with Crippen LogP contribution < -0.4 is 21.3 Å². The molecule has 0 bridgehead atoms. The third-order valence-electron chi connectivity index (χ3n) is 5.01. The number of anilines is 5. The molecule has 1 aliphatic heterocycles. The molecule has 8 nitrogen and oxygen atoms in total. The van der Waals surface area contributed by atoms with Crippen molar-refractivity contribution in [3.8, 4) is 0 Å². The summed E-state index contributed by atoms with van der Waals surface area (Å²) >= 11 is 0. The number of carbonyl (C=O) groups is 2. The number of nitrogens with one attached hydrogen (secondary N) is 2. The number of benzene rings is 2. The first-order valence-electron chi connectivity index (χ1n) is 9.58. The first kappa shape index (κ1) is 19.4. The molecule has 0 fully saturated rings. The molecule has 3 aromatic rings. The third-order valence-corrected chi connectivity index (χ3v) is 5.01. The molecule has 0 aliphatic carbocycles. The Morgan fingerprint density at radius 1 is 1.10 bits per heavy atom. The highest BCUT2D eigenvalue weighted by Gasteiger charge is 2.21. The Kier molecular flexibility index (Phi) is 5.05. The van der Waals surface area contributed by atoms with Crippen LogP contribution in [0.5, 0.6) is 0 Å². The highest BCUT2D eigenvalue weighted by molar-refractivity contribution is 5.98. The van der Waals surface area contributed by atoms with Crippen molar-refractivity contribution in [2.75, 3.05) is 22.6 Å². The predicted octanol–water partition coefficient (Wildman–Crippen LogP) is 3.28. The van der Waals surface area contributed by atoms with E-state index in [-0.39, 0.29) is 11.5 Å². The summed E-state index contributed by atoms with van der Waals surface area (Å²) < 4.78 is 0. The molecular weight excluding hydrogens is 380 g/mol. The van der Waals surface area contributed by atoms with E-state index >= 15 is 0 Å². The second kappa shape index (κ2) is 7.82. The van der Waals surface area contributed by atoms with Crippen LogP contribution in [-0.2, 0) is 11.2 Å². The summed E-state index contributed by atoms with van der Waals surface area (Å²) in [6, 6.07) is 13.5. The van der Waals surface area contributed by atoms with Gasteiger partial charge in [-0.05, 0) is 54.8 Å². The van der Waals surface area contributed by atoms with Gasteiger partial charge in [0.2, 0.25) is 11.9 Å². The maximum Gasteiger partial charge on any atom is 0.254 e. The van der Waals surface area contributed by atoms with E-state index in [1.165, 1.54) is 6.20 Å². The molecule has 0 radical (unpaired) electrons. The standard InChI is InChI=1S/C22H22N6O2/c1-13-4-3-5-15(10-13)25-21-17(20(23)30)12-24-22(27-21)26-16-7-8-18-14(11-16)6-9-19(29)28(18)2/h3-5,7-8,10-12H,6,9H2,1-2H3,(H2,23,30)(H2,24,25,26,27). The molecule has 0 spiro atoms. The molecule has 0 saturated heterocycles. The summed E-state index contributed by atoms with van der Waals surface area (Å²) in [5.74, 6) is 0.155. The van der Waals surface area contributed by atoms with Crippen molar-refractivity contribution < 1.29 is 9.59 Å². The number of hydrogen-bond donors (Lipinski definition) is 3. The number of hydrogen-bond acceptors (Lipinski definition) is 6. The van der Waals surface area contributed by atoms with Crippen molar-refractivity contribution in [2.45, 2.75) is 19.8 Å². The van der Waals surface area contributed by atoms with E-state index in [4.69, 9.17) is 5.73 Å². The summed E-state index contributed by atoms with van der Waals surface area (Å²) in [4.78, 5) is 34.0. The molecular formula is C22H22N6O2. The first-order valence-corrected chi connectivity index (χ1v) is 9.58. The van der Waals surface area contributed by atoms with Crippen LogP contribution in [0.15, 0.2) is 48.7 Å². The average molecular weight is 402 g/mol. The Morgan fingerprint density at radius 2 is 1.90 bits per heavy atom. The molecule has 30 heavy (non-hydrogen) atoms. The van der Waals surface area contributed by atoms with Gasteiger partial charge in [0.05, 0.1) is 0 Å². The number of nitrogens with two attached hydrogens (primary N) is 1. The van der Waals surface area contributed by atoms with Gasteiger partial charge in [0.1, 0.15) is 11.4 Å². The topological polar surface area (TPSA) is 113 Å². The number of primary amides is 1. The van der Waals surface area contributed by atoms with Gasteiger partial charge in [-0.3, -0.25) is 9.59 Å². The lowest BCUT2D eigenvalue weighted by atomic mass is 10.0. The van der Waals surface area contributed by atoms with Crippen molar-refractivity contribution in [3.05, 3.63) is 65.4 Å². The minimum atomic E-state index is -0.613. The van der Waals surface area contributed by atoms with E-state index in [1.54, 1.807) is 11.9 Å². The molecule has 0 saturated carbocycles. The van der Waals surface area contributed by atoms with Crippen molar-refractivity contribution in [2.24, 2.45) is 5.73 Å². The van der Waals surface area contributed by atoms with Gasteiger partial charge in [0.25, 0.3) is 5.91 Å². The first-order chi connectivity index (χ1) is 14.4. The Hall–Kier alpha value is -3.94.